The minimum Gasteiger partial charge on any atom is -0.289 e. The highest BCUT2D eigenvalue weighted by atomic mass is 35.5. The average molecular weight is 335 g/mol. The van der Waals surface area contributed by atoms with Crippen LogP contribution in [-0.2, 0) is 0 Å². The molecule has 2 N–H and O–H groups in total. The lowest BCUT2D eigenvalue weighted by molar-refractivity contribution is -0.557. The Kier molecular flexibility index (Phi) is 4.13. The van der Waals surface area contributed by atoms with Gasteiger partial charge in [0.1, 0.15) is 6.04 Å². The molecule has 2 aromatic rings. The van der Waals surface area contributed by atoms with Crippen LogP contribution in [-0.4, -0.2) is 29.4 Å². The van der Waals surface area contributed by atoms with Crippen molar-refractivity contribution in [1.82, 2.24) is 4.90 Å². The van der Waals surface area contributed by atoms with Crippen LogP contribution in [0.4, 0.5) is 0 Å². The molecule has 2 atom stereocenters. The lowest BCUT2D eigenvalue weighted by Gasteiger charge is -2.25. The van der Waals surface area contributed by atoms with Crippen LogP contribution in [0, 0.1) is 0 Å². The van der Waals surface area contributed by atoms with Gasteiger partial charge in [0.05, 0.1) is 7.05 Å². The Balaban J connectivity index is 2.08. The molecular formula is C17H18Cl2N3+. The molecule has 0 saturated carbocycles. The monoisotopic (exact) mass is 334 g/mol. The Bertz CT molecular complexity index is 681. The average Bonchev–Trinajstić information content (AvgIpc) is 2.72. The maximum atomic E-state index is 6.39. The molecule has 0 fully saturated rings. The number of hydrogen-bond acceptors (Lipinski definition) is 2. The Hall–Kier alpha value is -1.55. The van der Waals surface area contributed by atoms with Crippen molar-refractivity contribution in [2.75, 3.05) is 14.1 Å². The van der Waals surface area contributed by atoms with Crippen molar-refractivity contribution in [3.63, 3.8) is 0 Å². The van der Waals surface area contributed by atoms with Crippen molar-refractivity contribution in [1.29, 1.82) is 0 Å². The van der Waals surface area contributed by atoms with Crippen LogP contribution in [0.15, 0.2) is 48.5 Å². The highest BCUT2D eigenvalue weighted by Gasteiger charge is 2.43. The van der Waals surface area contributed by atoms with E-state index in [-0.39, 0.29) is 12.2 Å². The van der Waals surface area contributed by atoms with Crippen molar-refractivity contribution >= 4 is 29.0 Å². The molecular weight excluding hydrogens is 317 g/mol. The summed E-state index contributed by atoms with van der Waals surface area (Å²) in [6.07, 6.45) is -0.0185. The molecule has 22 heavy (non-hydrogen) atoms. The van der Waals surface area contributed by atoms with Gasteiger partial charge in [-0.05, 0) is 19.2 Å². The van der Waals surface area contributed by atoms with Crippen LogP contribution in [0.5, 0.6) is 0 Å². The standard InChI is InChI=1S/C17H17Cl2N3/c1-21-15(11-7-3-5-9-13(11)18)16(20)22(2)17(21)12-8-4-6-10-14(12)19/h3-10,15,17,20H,1-2H3/p+1/t15-,17-/m1/s1. The highest BCUT2D eigenvalue weighted by Crippen LogP contribution is 2.39. The highest BCUT2D eigenvalue weighted by molar-refractivity contribution is 6.32. The number of nitrogens with zero attached hydrogens (tertiary/aromatic N) is 2. The van der Waals surface area contributed by atoms with Gasteiger partial charge in [0.25, 0.3) is 5.84 Å². The molecule has 1 aliphatic heterocycles. The molecule has 3 nitrogen and oxygen atoms in total. The van der Waals surface area contributed by atoms with E-state index in [4.69, 9.17) is 28.9 Å². The summed E-state index contributed by atoms with van der Waals surface area (Å²) in [6, 6.07) is 15.6. The minimum absolute atomic E-state index is 0.0185. The first kappa shape index (κ1) is 15.3. The quantitative estimate of drug-likeness (QED) is 0.849. The van der Waals surface area contributed by atoms with Crippen molar-refractivity contribution in [3.8, 4) is 0 Å². The molecule has 2 aromatic carbocycles. The summed E-state index contributed by atoms with van der Waals surface area (Å²) in [5.41, 5.74) is 8.43. The number of likely N-dealkylation sites (N-methyl/N-ethyl adjacent to an activating group) is 1. The van der Waals surface area contributed by atoms with E-state index in [1.54, 1.807) is 0 Å². The number of benzene rings is 2. The Morgan fingerprint density at radius 3 is 2.00 bits per heavy atom. The number of hydrogen-bond donors (Lipinski definition) is 1. The van der Waals surface area contributed by atoms with E-state index in [9.17, 15) is 0 Å². The van der Waals surface area contributed by atoms with E-state index in [2.05, 4.69) is 9.48 Å². The predicted molar refractivity (Wildman–Crippen MR) is 91.5 cm³/mol. The third-order valence-corrected chi connectivity index (χ3v) is 4.92. The van der Waals surface area contributed by atoms with Gasteiger partial charge in [-0.1, -0.05) is 59.6 Å². The van der Waals surface area contributed by atoms with Crippen LogP contribution >= 0.6 is 23.2 Å². The zero-order valence-electron chi connectivity index (χ0n) is 12.5. The summed E-state index contributed by atoms with van der Waals surface area (Å²) in [5, 5.41) is 1.45. The largest absolute Gasteiger partial charge is 0.289 e. The zero-order valence-corrected chi connectivity index (χ0v) is 14.0. The topological polar surface area (TPSA) is 32.3 Å². The maximum absolute atomic E-state index is 6.39. The third kappa shape index (κ3) is 2.39. The maximum Gasteiger partial charge on any atom is 0.266 e. The Morgan fingerprint density at radius 1 is 0.955 bits per heavy atom. The number of nitrogens with two attached hydrogens (primary N) is 1. The van der Waals surface area contributed by atoms with Crippen LogP contribution in [0.3, 0.4) is 0 Å². The normalized spacial score (nSPS) is 22.4. The van der Waals surface area contributed by atoms with E-state index in [0.29, 0.717) is 0 Å². The van der Waals surface area contributed by atoms with E-state index in [1.165, 1.54) is 0 Å². The second-order valence-electron chi connectivity index (χ2n) is 5.52. The minimum atomic E-state index is -0.0695. The lowest BCUT2D eigenvalue weighted by atomic mass is 10.0. The van der Waals surface area contributed by atoms with Gasteiger partial charge in [0.15, 0.2) is 6.17 Å². The molecule has 0 amide bonds. The molecule has 114 valence electrons. The van der Waals surface area contributed by atoms with Crippen molar-refractivity contribution in [2.45, 2.75) is 12.2 Å². The van der Waals surface area contributed by atoms with Crippen molar-refractivity contribution < 1.29 is 4.58 Å². The molecule has 0 unspecified atom stereocenters. The number of halogens is 2. The van der Waals surface area contributed by atoms with Crippen LogP contribution in [0.1, 0.15) is 23.3 Å². The van der Waals surface area contributed by atoms with E-state index in [1.807, 2.05) is 62.6 Å². The van der Waals surface area contributed by atoms with Crippen molar-refractivity contribution in [2.24, 2.45) is 5.73 Å². The first-order valence-corrected chi connectivity index (χ1v) is 7.84. The SMILES string of the molecule is CN1[C@@H](c2ccccc2Cl)[N+](C)=C(N)[C@H]1c1ccccc1Cl. The molecule has 0 bridgehead atoms. The summed E-state index contributed by atoms with van der Waals surface area (Å²) in [7, 11) is 4.02. The summed E-state index contributed by atoms with van der Waals surface area (Å²) in [6.45, 7) is 0. The fraction of sp³-hybridized carbons (Fsp3) is 0.235. The molecule has 0 spiro atoms. The second-order valence-corrected chi connectivity index (χ2v) is 6.33. The van der Waals surface area contributed by atoms with Crippen LogP contribution in [0.2, 0.25) is 10.0 Å². The predicted octanol–water partition coefficient (Wildman–Crippen LogP) is 3.68. The fourth-order valence-corrected chi connectivity index (χ4v) is 3.62. The fourth-order valence-electron chi connectivity index (χ4n) is 3.15. The Morgan fingerprint density at radius 2 is 1.45 bits per heavy atom. The Labute approximate surface area is 140 Å². The van der Waals surface area contributed by atoms with Crippen LogP contribution < -0.4 is 5.73 Å². The molecule has 3 rings (SSSR count). The van der Waals surface area contributed by atoms with E-state index < -0.39 is 0 Å². The molecule has 1 aliphatic rings. The first-order valence-electron chi connectivity index (χ1n) is 7.08. The lowest BCUT2D eigenvalue weighted by Crippen LogP contribution is -2.30. The second kappa shape index (κ2) is 5.92. The van der Waals surface area contributed by atoms with Gasteiger partial charge in [-0.25, -0.2) is 9.48 Å². The summed E-state index contributed by atoms with van der Waals surface area (Å²) >= 11 is 12.7. The zero-order chi connectivity index (χ0) is 15.9. The molecule has 1 heterocycles. The molecule has 0 saturated heterocycles. The van der Waals surface area contributed by atoms with Gasteiger partial charge in [-0.2, -0.15) is 0 Å². The third-order valence-electron chi connectivity index (χ3n) is 4.23. The summed E-state index contributed by atoms with van der Waals surface area (Å²) < 4.78 is 2.05. The van der Waals surface area contributed by atoms with Gasteiger partial charge in [-0.3, -0.25) is 5.73 Å². The van der Waals surface area contributed by atoms with Gasteiger partial charge in [0.2, 0.25) is 0 Å². The van der Waals surface area contributed by atoms with E-state index >= 15 is 0 Å². The molecule has 0 radical (unpaired) electrons. The summed E-state index contributed by atoms with van der Waals surface area (Å²) in [4.78, 5) is 2.19. The molecule has 0 aromatic heterocycles. The molecule has 5 heteroatoms. The summed E-state index contributed by atoms with van der Waals surface area (Å²) in [5.74, 6) is 0.764. The van der Waals surface area contributed by atoms with Gasteiger partial charge in [0, 0.05) is 21.2 Å². The van der Waals surface area contributed by atoms with Crippen molar-refractivity contribution in [3.05, 3.63) is 69.7 Å². The smallest absolute Gasteiger partial charge is 0.266 e. The van der Waals surface area contributed by atoms with E-state index in [0.717, 1.165) is 27.0 Å². The molecule has 0 aliphatic carbocycles. The van der Waals surface area contributed by atoms with Gasteiger partial charge < -0.3 is 0 Å². The first-order chi connectivity index (χ1) is 10.5. The van der Waals surface area contributed by atoms with Gasteiger partial charge >= 0.3 is 0 Å². The van der Waals surface area contributed by atoms with Gasteiger partial charge in [-0.15, -0.1) is 0 Å². The number of rotatable bonds is 2. The van der Waals surface area contributed by atoms with Crippen LogP contribution in [0.25, 0.3) is 0 Å². The number of amidine groups is 1.